The minimum atomic E-state index is -0.791. The van der Waals surface area contributed by atoms with Gasteiger partial charge < -0.3 is 24.2 Å². The van der Waals surface area contributed by atoms with E-state index in [1.54, 1.807) is 11.0 Å². The van der Waals surface area contributed by atoms with Crippen LogP contribution in [0.2, 0.25) is 0 Å². The van der Waals surface area contributed by atoms with Crippen LogP contribution in [-0.4, -0.2) is 47.6 Å². The second-order valence-corrected chi connectivity index (χ2v) is 11.4. The van der Waals surface area contributed by atoms with Gasteiger partial charge in [-0.1, -0.05) is 50.2 Å². The van der Waals surface area contributed by atoms with Crippen LogP contribution in [0.3, 0.4) is 0 Å². The second kappa shape index (κ2) is 12.7. The molecular formula is C35H39NO6. The van der Waals surface area contributed by atoms with E-state index in [9.17, 15) is 14.7 Å². The molecule has 42 heavy (non-hydrogen) atoms. The van der Waals surface area contributed by atoms with Gasteiger partial charge in [-0.05, 0) is 79.6 Å². The van der Waals surface area contributed by atoms with E-state index < -0.39 is 17.7 Å². The summed E-state index contributed by atoms with van der Waals surface area (Å²) in [6.07, 6.45) is 2.21. The molecule has 2 aliphatic heterocycles. The van der Waals surface area contributed by atoms with Crippen LogP contribution in [0.5, 0.6) is 17.2 Å². The summed E-state index contributed by atoms with van der Waals surface area (Å²) in [6.45, 7) is 9.45. The summed E-state index contributed by atoms with van der Waals surface area (Å²) in [5.74, 6) is 0.882. The van der Waals surface area contributed by atoms with E-state index in [1.807, 2.05) is 74.5 Å². The molecule has 0 saturated carbocycles. The predicted octanol–water partition coefficient (Wildman–Crippen LogP) is 6.50. The van der Waals surface area contributed by atoms with Crippen molar-refractivity contribution in [2.45, 2.75) is 59.1 Å². The number of hydrogen-bond acceptors (Lipinski definition) is 6. The average Bonchev–Trinajstić information content (AvgIpc) is 3.47. The van der Waals surface area contributed by atoms with Crippen LogP contribution < -0.4 is 14.2 Å². The Labute approximate surface area is 247 Å². The lowest BCUT2D eigenvalue weighted by atomic mass is 9.94. The molecule has 0 aliphatic carbocycles. The molecule has 1 N–H and O–H groups in total. The molecule has 3 aromatic rings. The van der Waals surface area contributed by atoms with Crippen LogP contribution in [0.1, 0.15) is 62.4 Å². The monoisotopic (exact) mass is 569 g/mol. The zero-order valence-corrected chi connectivity index (χ0v) is 24.8. The Kier molecular flexibility index (Phi) is 8.86. The minimum Gasteiger partial charge on any atom is -0.507 e. The first-order chi connectivity index (χ1) is 20.3. The Bertz CT molecular complexity index is 1480. The van der Waals surface area contributed by atoms with Crippen molar-refractivity contribution in [3.8, 4) is 17.2 Å². The number of aliphatic hydroxyl groups excluding tert-OH is 1. The lowest BCUT2D eigenvalue weighted by Crippen LogP contribution is -2.31. The van der Waals surface area contributed by atoms with Crippen molar-refractivity contribution < 1.29 is 28.9 Å². The van der Waals surface area contributed by atoms with E-state index >= 15 is 0 Å². The normalized spacial score (nSPS) is 19.2. The fraction of sp³-hybridized carbons (Fsp3) is 0.371. The van der Waals surface area contributed by atoms with E-state index in [0.29, 0.717) is 61.1 Å². The highest BCUT2D eigenvalue weighted by molar-refractivity contribution is 6.46. The summed E-state index contributed by atoms with van der Waals surface area (Å²) < 4.78 is 17.8. The molecule has 7 nitrogen and oxygen atoms in total. The first-order valence-corrected chi connectivity index (χ1v) is 14.8. The van der Waals surface area contributed by atoms with Crippen molar-refractivity contribution in [3.63, 3.8) is 0 Å². The molecule has 3 aromatic carbocycles. The predicted molar refractivity (Wildman–Crippen MR) is 162 cm³/mol. The molecule has 7 heteroatoms. The summed E-state index contributed by atoms with van der Waals surface area (Å²) in [6, 6.07) is 19.9. The van der Waals surface area contributed by atoms with Crippen LogP contribution in [0.15, 0.2) is 72.3 Å². The van der Waals surface area contributed by atoms with E-state index in [0.717, 1.165) is 23.3 Å². The molecule has 220 valence electrons. The molecule has 2 atom stereocenters. The van der Waals surface area contributed by atoms with Crippen LogP contribution in [0.4, 0.5) is 0 Å². The van der Waals surface area contributed by atoms with Crippen molar-refractivity contribution in [1.82, 2.24) is 4.90 Å². The standard InChI is InChI=1S/C35H39NO6/c1-5-40-30-21-25(11-14-29(30)41-18-16-22(2)3)32-31(33(37)26-12-13-28-27(20-26)19-23(4)42-28)34(38)35(39)36(32)17-15-24-9-7-6-8-10-24/h6-14,20-23,32,37H,5,15-19H2,1-4H3/b33-31+/t23-,32+/m0/s1. The molecule has 0 spiro atoms. The maximum atomic E-state index is 13.6. The maximum Gasteiger partial charge on any atom is 0.295 e. The maximum absolute atomic E-state index is 13.6. The topological polar surface area (TPSA) is 85.3 Å². The number of fused-ring (bicyclic) bond motifs is 1. The molecule has 0 bridgehead atoms. The number of carbonyl (C=O) groups excluding carboxylic acids is 2. The van der Waals surface area contributed by atoms with Crippen molar-refractivity contribution in [3.05, 3.63) is 94.6 Å². The van der Waals surface area contributed by atoms with Crippen molar-refractivity contribution in [1.29, 1.82) is 0 Å². The smallest absolute Gasteiger partial charge is 0.295 e. The Morgan fingerprint density at radius 2 is 1.81 bits per heavy atom. The SMILES string of the molecule is CCOc1cc([C@@H]2/C(=C(\O)c3ccc4c(c3)C[C@H](C)O4)C(=O)C(=O)N2CCc2ccccc2)ccc1OCCC(C)C. The molecule has 0 radical (unpaired) electrons. The van der Waals surface area contributed by atoms with Crippen LogP contribution >= 0.6 is 0 Å². The van der Waals surface area contributed by atoms with Gasteiger partial charge in [-0.15, -0.1) is 0 Å². The van der Waals surface area contributed by atoms with Gasteiger partial charge in [0.05, 0.1) is 24.8 Å². The molecule has 1 saturated heterocycles. The van der Waals surface area contributed by atoms with Crippen LogP contribution in [-0.2, 0) is 22.4 Å². The van der Waals surface area contributed by atoms with Crippen molar-refractivity contribution in [2.75, 3.05) is 19.8 Å². The largest absolute Gasteiger partial charge is 0.507 e. The number of likely N-dealkylation sites (tertiary alicyclic amines) is 1. The molecule has 5 rings (SSSR count). The van der Waals surface area contributed by atoms with Gasteiger partial charge in [0, 0.05) is 18.5 Å². The van der Waals surface area contributed by atoms with Gasteiger partial charge in [0.1, 0.15) is 17.6 Å². The number of hydrogen-bond donors (Lipinski definition) is 1. The number of ether oxygens (including phenoxy) is 3. The van der Waals surface area contributed by atoms with Gasteiger partial charge >= 0.3 is 0 Å². The number of carbonyl (C=O) groups is 2. The summed E-state index contributed by atoms with van der Waals surface area (Å²) >= 11 is 0. The van der Waals surface area contributed by atoms with Gasteiger partial charge in [0.25, 0.3) is 11.7 Å². The average molecular weight is 570 g/mol. The lowest BCUT2D eigenvalue weighted by Gasteiger charge is -2.26. The molecule has 1 fully saturated rings. The third-order valence-electron chi connectivity index (χ3n) is 7.73. The summed E-state index contributed by atoms with van der Waals surface area (Å²) in [5, 5.41) is 11.6. The molecule has 2 aliphatic rings. The zero-order chi connectivity index (χ0) is 29.8. The van der Waals surface area contributed by atoms with E-state index in [4.69, 9.17) is 14.2 Å². The lowest BCUT2D eigenvalue weighted by molar-refractivity contribution is -0.139. The van der Waals surface area contributed by atoms with Crippen LogP contribution in [0.25, 0.3) is 5.76 Å². The van der Waals surface area contributed by atoms with Crippen molar-refractivity contribution >= 4 is 17.4 Å². The summed E-state index contributed by atoms with van der Waals surface area (Å²) in [4.78, 5) is 28.7. The fourth-order valence-electron chi connectivity index (χ4n) is 5.56. The third kappa shape index (κ3) is 6.15. The van der Waals surface area contributed by atoms with Crippen LogP contribution in [0, 0.1) is 5.92 Å². The minimum absolute atomic E-state index is 0.0409. The highest BCUT2D eigenvalue weighted by Gasteiger charge is 2.46. The Morgan fingerprint density at radius 1 is 1.02 bits per heavy atom. The third-order valence-corrected chi connectivity index (χ3v) is 7.73. The number of nitrogens with zero attached hydrogens (tertiary/aromatic N) is 1. The van der Waals surface area contributed by atoms with Gasteiger partial charge in [-0.3, -0.25) is 9.59 Å². The number of benzene rings is 3. The fourth-order valence-corrected chi connectivity index (χ4v) is 5.56. The zero-order valence-electron chi connectivity index (χ0n) is 24.8. The molecule has 2 heterocycles. The molecule has 0 unspecified atom stereocenters. The molecular weight excluding hydrogens is 530 g/mol. The van der Waals surface area contributed by atoms with E-state index in [2.05, 4.69) is 13.8 Å². The Balaban J connectivity index is 1.56. The highest BCUT2D eigenvalue weighted by Crippen LogP contribution is 2.43. The summed E-state index contributed by atoms with van der Waals surface area (Å²) in [5.41, 5.74) is 3.23. The first-order valence-electron chi connectivity index (χ1n) is 14.8. The number of rotatable bonds is 11. The number of Topliss-reactive ketones (excluding diaryl/α,β-unsaturated/α-hetero) is 1. The number of ketones is 1. The van der Waals surface area contributed by atoms with E-state index in [-0.39, 0.29) is 17.4 Å². The van der Waals surface area contributed by atoms with Gasteiger partial charge in [-0.25, -0.2) is 0 Å². The van der Waals surface area contributed by atoms with Gasteiger partial charge in [-0.2, -0.15) is 0 Å². The van der Waals surface area contributed by atoms with Crippen molar-refractivity contribution in [2.24, 2.45) is 5.92 Å². The number of amides is 1. The highest BCUT2D eigenvalue weighted by atomic mass is 16.5. The Morgan fingerprint density at radius 3 is 2.55 bits per heavy atom. The molecule has 0 aromatic heterocycles. The first kappa shape index (κ1) is 29.2. The van der Waals surface area contributed by atoms with E-state index in [1.165, 1.54) is 0 Å². The second-order valence-electron chi connectivity index (χ2n) is 11.4. The van der Waals surface area contributed by atoms with Gasteiger partial charge in [0.2, 0.25) is 0 Å². The molecule has 1 amide bonds. The summed E-state index contributed by atoms with van der Waals surface area (Å²) in [7, 11) is 0. The quantitative estimate of drug-likeness (QED) is 0.161. The van der Waals surface area contributed by atoms with Gasteiger partial charge in [0.15, 0.2) is 11.5 Å². The number of aliphatic hydroxyl groups is 1. The Hall–Kier alpha value is -4.26.